The number of nitrogens with one attached hydrogen (secondary N) is 1. The van der Waals surface area contributed by atoms with Crippen LogP contribution in [-0.2, 0) is 0 Å². The van der Waals surface area contributed by atoms with Crippen LogP contribution in [-0.4, -0.2) is 53.0 Å². The van der Waals surface area contributed by atoms with Crippen molar-refractivity contribution in [3.63, 3.8) is 0 Å². The summed E-state index contributed by atoms with van der Waals surface area (Å²) in [5, 5.41) is 4.46. The van der Waals surface area contributed by atoms with Gasteiger partial charge < -0.3 is 19.5 Å². The van der Waals surface area contributed by atoms with Gasteiger partial charge in [-0.3, -0.25) is 4.79 Å². The number of hydrogen-bond acceptors (Lipinski definition) is 3. The molecule has 2 heterocycles. The molecule has 1 aromatic rings. The number of amides is 1. The first kappa shape index (κ1) is 15.0. The van der Waals surface area contributed by atoms with Gasteiger partial charge in [0.15, 0.2) is 10.9 Å². The molecule has 5 nitrogen and oxygen atoms in total. The SMILES string of the molecule is O=C(c1ccco1)N1CCN(C(=S)N[C@@H]2C[C@H]3CC[C@H]2C3)CC1. The molecule has 0 spiro atoms. The van der Waals surface area contributed by atoms with Crippen LogP contribution >= 0.6 is 12.2 Å². The Kier molecular flexibility index (Phi) is 4.01. The van der Waals surface area contributed by atoms with E-state index in [0.717, 1.165) is 30.0 Å². The maximum atomic E-state index is 12.3. The second-order valence-corrected chi connectivity index (χ2v) is 7.37. The fourth-order valence-corrected chi connectivity index (χ4v) is 4.67. The molecule has 2 aliphatic carbocycles. The Hall–Kier alpha value is -1.56. The van der Waals surface area contributed by atoms with Gasteiger partial charge in [0.1, 0.15) is 0 Å². The maximum absolute atomic E-state index is 12.3. The van der Waals surface area contributed by atoms with Gasteiger partial charge in [0.05, 0.1) is 6.26 Å². The number of carbonyl (C=O) groups is 1. The van der Waals surface area contributed by atoms with Crippen molar-refractivity contribution >= 4 is 23.2 Å². The van der Waals surface area contributed by atoms with Gasteiger partial charge in [0.25, 0.3) is 5.91 Å². The van der Waals surface area contributed by atoms with Crippen molar-refractivity contribution in [2.45, 2.75) is 31.7 Å². The van der Waals surface area contributed by atoms with Gasteiger partial charge in [-0.15, -0.1) is 0 Å². The third-order valence-electron chi connectivity index (χ3n) is 5.63. The summed E-state index contributed by atoms with van der Waals surface area (Å²) in [4.78, 5) is 16.3. The van der Waals surface area contributed by atoms with E-state index >= 15 is 0 Å². The van der Waals surface area contributed by atoms with Crippen molar-refractivity contribution in [2.75, 3.05) is 26.2 Å². The quantitative estimate of drug-likeness (QED) is 0.840. The fraction of sp³-hybridized carbons (Fsp3) is 0.647. The molecule has 2 bridgehead atoms. The largest absolute Gasteiger partial charge is 0.459 e. The van der Waals surface area contributed by atoms with Crippen LogP contribution in [0.1, 0.15) is 36.2 Å². The Bertz CT molecular complexity index is 581. The molecule has 1 aromatic heterocycles. The number of carbonyl (C=O) groups excluding carboxylic acids is 1. The number of piperazine rings is 1. The van der Waals surface area contributed by atoms with E-state index in [1.807, 2.05) is 4.90 Å². The summed E-state index contributed by atoms with van der Waals surface area (Å²) in [6.45, 7) is 2.97. The van der Waals surface area contributed by atoms with Crippen LogP contribution in [0.4, 0.5) is 0 Å². The summed E-state index contributed by atoms with van der Waals surface area (Å²) in [7, 11) is 0. The summed E-state index contributed by atoms with van der Waals surface area (Å²) in [5.74, 6) is 2.13. The van der Waals surface area contributed by atoms with Crippen LogP contribution in [0.2, 0.25) is 0 Å². The topological polar surface area (TPSA) is 48.7 Å². The summed E-state index contributed by atoms with van der Waals surface area (Å²) in [6, 6.07) is 4.04. The van der Waals surface area contributed by atoms with E-state index in [1.165, 1.54) is 31.9 Å². The van der Waals surface area contributed by atoms with Gasteiger partial charge in [-0.25, -0.2) is 0 Å². The van der Waals surface area contributed by atoms with Crippen molar-refractivity contribution in [1.82, 2.24) is 15.1 Å². The van der Waals surface area contributed by atoms with E-state index < -0.39 is 0 Å². The lowest BCUT2D eigenvalue weighted by atomic mass is 9.95. The van der Waals surface area contributed by atoms with Gasteiger partial charge in [-0.2, -0.15) is 0 Å². The Morgan fingerprint density at radius 2 is 1.96 bits per heavy atom. The molecule has 1 amide bonds. The monoisotopic (exact) mass is 333 g/mol. The van der Waals surface area contributed by atoms with Gasteiger partial charge in [-0.1, -0.05) is 6.42 Å². The Balaban J connectivity index is 1.28. The molecule has 4 rings (SSSR count). The molecule has 124 valence electrons. The minimum atomic E-state index is -0.0263. The van der Waals surface area contributed by atoms with Crippen LogP contribution < -0.4 is 5.32 Å². The van der Waals surface area contributed by atoms with Crippen LogP contribution in [0.25, 0.3) is 0 Å². The first-order valence-corrected chi connectivity index (χ1v) is 9.00. The van der Waals surface area contributed by atoms with E-state index in [1.54, 1.807) is 12.1 Å². The normalized spacial score (nSPS) is 29.8. The average molecular weight is 333 g/mol. The standard InChI is InChI=1S/C17H23N3O2S/c21-16(15-2-1-9-22-15)19-5-7-20(8-6-19)17(23)18-14-11-12-3-4-13(14)10-12/h1-2,9,12-14H,3-8,10-11H2,(H,18,23)/t12-,13-,14+/m0/s1. The van der Waals surface area contributed by atoms with E-state index in [4.69, 9.17) is 16.6 Å². The lowest BCUT2D eigenvalue weighted by Crippen LogP contribution is -2.55. The average Bonchev–Trinajstić information content (AvgIpc) is 3.32. The molecule has 1 aliphatic heterocycles. The van der Waals surface area contributed by atoms with Crippen LogP contribution in [0.3, 0.4) is 0 Å². The molecule has 0 aromatic carbocycles. The number of furan rings is 1. The van der Waals surface area contributed by atoms with Crippen molar-refractivity contribution < 1.29 is 9.21 Å². The van der Waals surface area contributed by atoms with E-state index in [9.17, 15) is 4.79 Å². The van der Waals surface area contributed by atoms with E-state index in [-0.39, 0.29) is 5.91 Å². The van der Waals surface area contributed by atoms with Gasteiger partial charge in [-0.05, 0) is 55.4 Å². The maximum Gasteiger partial charge on any atom is 0.289 e. The first-order valence-electron chi connectivity index (χ1n) is 8.59. The van der Waals surface area contributed by atoms with Crippen molar-refractivity contribution in [3.05, 3.63) is 24.2 Å². The Morgan fingerprint density at radius 3 is 2.57 bits per heavy atom. The highest BCUT2D eigenvalue weighted by molar-refractivity contribution is 7.80. The molecule has 6 heteroatoms. The number of thiocarbonyl (C=S) groups is 1. The molecule has 0 radical (unpaired) electrons. The Morgan fingerprint density at radius 1 is 1.17 bits per heavy atom. The predicted molar refractivity (Wildman–Crippen MR) is 91.2 cm³/mol. The summed E-state index contributed by atoms with van der Waals surface area (Å²) >= 11 is 5.60. The van der Waals surface area contributed by atoms with Gasteiger partial charge >= 0.3 is 0 Å². The summed E-state index contributed by atoms with van der Waals surface area (Å²) in [5.41, 5.74) is 0. The van der Waals surface area contributed by atoms with Crippen LogP contribution in [0.15, 0.2) is 22.8 Å². The first-order chi connectivity index (χ1) is 11.2. The van der Waals surface area contributed by atoms with Crippen LogP contribution in [0, 0.1) is 11.8 Å². The molecule has 3 fully saturated rings. The number of hydrogen-bond donors (Lipinski definition) is 1. The molecule has 1 N–H and O–H groups in total. The zero-order chi connectivity index (χ0) is 15.8. The predicted octanol–water partition coefficient (Wildman–Crippen LogP) is 2.10. The lowest BCUT2D eigenvalue weighted by molar-refractivity contribution is 0.0658. The van der Waals surface area contributed by atoms with Crippen LogP contribution in [0.5, 0.6) is 0 Å². The summed E-state index contributed by atoms with van der Waals surface area (Å²) in [6.07, 6.45) is 6.96. The molecular weight excluding hydrogens is 310 g/mol. The third kappa shape index (κ3) is 2.96. The van der Waals surface area contributed by atoms with E-state index in [0.29, 0.717) is 24.9 Å². The highest BCUT2D eigenvalue weighted by Crippen LogP contribution is 2.44. The molecule has 3 aliphatic rings. The van der Waals surface area contributed by atoms with Crippen molar-refractivity contribution in [2.24, 2.45) is 11.8 Å². The Labute approximate surface area is 142 Å². The minimum Gasteiger partial charge on any atom is -0.459 e. The molecule has 23 heavy (non-hydrogen) atoms. The van der Waals surface area contributed by atoms with Crippen molar-refractivity contribution in [3.8, 4) is 0 Å². The van der Waals surface area contributed by atoms with Gasteiger partial charge in [0, 0.05) is 32.2 Å². The molecule has 2 saturated carbocycles. The minimum absolute atomic E-state index is 0.0263. The molecule has 1 saturated heterocycles. The number of fused-ring (bicyclic) bond motifs is 2. The van der Waals surface area contributed by atoms with Crippen molar-refractivity contribution in [1.29, 1.82) is 0 Å². The lowest BCUT2D eigenvalue weighted by Gasteiger charge is -2.37. The number of nitrogens with zero attached hydrogens (tertiary/aromatic N) is 2. The highest BCUT2D eigenvalue weighted by Gasteiger charge is 2.40. The zero-order valence-corrected chi connectivity index (χ0v) is 14.1. The number of rotatable bonds is 2. The third-order valence-corrected chi connectivity index (χ3v) is 6.01. The summed E-state index contributed by atoms with van der Waals surface area (Å²) < 4.78 is 5.20. The second-order valence-electron chi connectivity index (χ2n) is 6.99. The molecule has 3 atom stereocenters. The second kappa shape index (κ2) is 6.15. The fourth-order valence-electron chi connectivity index (χ4n) is 4.34. The smallest absolute Gasteiger partial charge is 0.289 e. The zero-order valence-electron chi connectivity index (χ0n) is 13.2. The van der Waals surface area contributed by atoms with Gasteiger partial charge in [0.2, 0.25) is 0 Å². The van der Waals surface area contributed by atoms with E-state index in [2.05, 4.69) is 10.2 Å². The molecular formula is C17H23N3O2S. The molecule has 0 unspecified atom stereocenters. The highest BCUT2D eigenvalue weighted by atomic mass is 32.1.